The number of nitrogen functional groups attached to an aromatic ring is 1. The average molecular weight is 254 g/mol. The third-order valence-corrected chi connectivity index (χ3v) is 2.84. The van der Waals surface area contributed by atoms with Crippen molar-refractivity contribution in [2.24, 2.45) is 0 Å². The largest absolute Gasteiger partial charge is 0.398 e. The summed E-state index contributed by atoms with van der Waals surface area (Å²) in [6.07, 6.45) is 1.47. The summed E-state index contributed by atoms with van der Waals surface area (Å²) >= 11 is 0. The number of benzene rings is 1. The molecule has 0 unspecified atom stereocenters. The summed E-state index contributed by atoms with van der Waals surface area (Å²) in [6.45, 7) is 0. The number of rotatable bonds is 1. The van der Waals surface area contributed by atoms with Crippen molar-refractivity contribution in [3.05, 3.63) is 63.4 Å². The average Bonchev–Trinajstić information content (AvgIpc) is 2.39. The number of aromatic nitrogens is 3. The van der Waals surface area contributed by atoms with Gasteiger partial charge in [-0.05, 0) is 18.2 Å². The standard InChI is InChI=1S/C13H10N4O2/c14-9-6-7-15-11-10(9)12(18)16-13(19)17(11)8-4-2-1-3-5-8/h1-7H,(H2,14,15)(H,16,18,19). The van der Waals surface area contributed by atoms with E-state index in [1.54, 1.807) is 24.3 Å². The molecule has 0 saturated heterocycles. The summed E-state index contributed by atoms with van der Waals surface area (Å²) in [6, 6.07) is 10.5. The first-order valence-electron chi connectivity index (χ1n) is 5.63. The van der Waals surface area contributed by atoms with E-state index in [2.05, 4.69) is 9.97 Å². The lowest BCUT2D eigenvalue weighted by atomic mass is 10.2. The summed E-state index contributed by atoms with van der Waals surface area (Å²) in [5, 5.41) is 0.214. The molecule has 0 radical (unpaired) electrons. The molecule has 3 N–H and O–H groups in total. The van der Waals surface area contributed by atoms with Gasteiger partial charge in [0.15, 0.2) is 5.65 Å². The van der Waals surface area contributed by atoms with E-state index in [0.29, 0.717) is 5.69 Å². The lowest BCUT2D eigenvalue weighted by Gasteiger charge is -2.09. The molecule has 19 heavy (non-hydrogen) atoms. The topological polar surface area (TPSA) is 93.8 Å². The molecule has 3 rings (SSSR count). The zero-order valence-corrected chi connectivity index (χ0v) is 9.83. The van der Waals surface area contributed by atoms with Gasteiger partial charge in [-0.2, -0.15) is 0 Å². The molecule has 0 bridgehead atoms. The fourth-order valence-corrected chi connectivity index (χ4v) is 2.00. The second-order valence-electron chi connectivity index (χ2n) is 4.03. The van der Waals surface area contributed by atoms with Gasteiger partial charge in [-0.15, -0.1) is 0 Å². The van der Waals surface area contributed by atoms with E-state index in [4.69, 9.17) is 5.73 Å². The van der Waals surface area contributed by atoms with Crippen LogP contribution in [0, 0.1) is 0 Å². The molecule has 6 nitrogen and oxygen atoms in total. The van der Waals surface area contributed by atoms with Crippen LogP contribution in [0.4, 0.5) is 5.69 Å². The zero-order valence-electron chi connectivity index (χ0n) is 9.83. The highest BCUT2D eigenvalue weighted by Crippen LogP contribution is 2.15. The fourth-order valence-electron chi connectivity index (χ4n) is 2.00. The van der Waals surface area contributed by atoms with Crippen LogP contribution in [-0.2, 0) is 0 Å². The predicted molar refractivity (Wildman–Crippen MR) is 72.4 cm³/mol. The highest BCUT2D eigenvalue weighted by molar-refractivity contribution is 5.87. The Hall–Kier alpha value is -2.89. The summed E-state index contributed by atoms with van der Waals surface area (Å²) in [7, 11) is 0. The third kappa shape index (κ3) is 1.70. The van der Waals surface area contributed by atoms with E-state index in [1.807, 2.05) is 6.07 Å². The molecular formula is C13H10N4O2. The van der Waals surface area contributed by atoms with E-state index in [0.717, 1.165) is 0 Å². The molecule has 0 aliphatic carbocycles. The zero-order chi connectivity index (χ0) is 13.4. The molecule has 0 saturated carbocycles. The fraction of sp³-hybridized carbons (Fsp3) is 0. The number of hydrogen-bond donors (Lipinski definition) is 2. The molecule has 6 heteroatoms. The Morgan fingerprint density at radius 3 is 2.58 bits per heavy atom. The minimum absolute atomic E-state index is 0.214. The molecule has 2 heterocycles. The van der Waals surface area contributed by atoms with Gasteiger partial charge in [-0.1, -0.05) is 18.2 Å². The van der Waals surface area contributed by atoms with Crippen molar-refractivity contribution < 1.29 is 0 Å². The van der Waals surface area contributed by atoms with Crippen molar-refractivity contribution >= 4 is 16.7 Å². The van der Waals surface area contributed by atoms with Gasteiger partial charge in [0.1, 0.15) is 5.39 Å². The van der Waals surface area contributed by atoms with Gasteiger partial charge in [-0.25, -0.2) is 14.3 Å². The Bertz CT molecular complexity index is 865. The smallest absolute Gasteiger partial charge is 0.334 e. The van der Waals surface area contributed by atoms with Crippen LogP contribution in [0.2, 0.25) is 0 Å². The molecule has 0 aliphatic heterocycles. The summed E-state index contributed by atoms with van der Waals surface area (Å²) in [5.74, 6) is 0. The minimum Gasteiger partial charge on any atom is -0.398 e. The van der Waals surface area contributed by atoms with Gasteiger partial charge in [0.05, 0.1) is 5.69 Å². The van der Waals surface area contributed by atoms with E-state index >= 15 is 0 Å². The first-order chi connectivity index (χ1) is 9.18. The number of H-pyrrole nitrogens is 1. The summed E-state index contributed by atoms with van der Waals surface area (Å²) in [4.78, 5) is 30.2. The number of fused-ring (bicyclic) bond motifs is 1. The van der Waals surface area contributed by atoms with Gasteiger partial charge in [0.2, 0.25) is 0 Å². The molecule has 2 aromatic heterocycles. The van der Waals surface area contributed by atoms with Crippen molar-refractivity contribution in [2.75, 3.05) is 5.73 Å². The maximum Gasteiger partial charge on any atom is 0.334 e. The SMILES string of the molecule is Nc1ccnc2c1c(=O)[nH]c(=O)n2-c1ccccc1. The van der Waals surface area contributed by atoms with Crippen molar-refractivity contribution in [1.82, 2.24) is 14.5 Å². The number of nitrogens with zero attached hydrogens (tertiary/aromatic N) is 2. The van der Waals surface area contributed by atoms with E-state index in [1.165, 1.54) is 16.8 Å². The van der Waals surface area contributed by atoms with Crippen LogP contribution >= 0.6 is 0 Å². The van der Waals surface area contributed by atoms with E-state index < -0.39 is 11.2 Å². The molecule has 0 atom stereocenters. The third-order valence-electron chi connectivity index (χ3n) is 2.84. The molecule has 0 aliphatic rings. The van der Waals surface area contributed by atoms with E-state index in [9.17, 15) is 9.59 Å². The van der Waals surface area contributed by atoms with Gasteiger partial charge < -0.3 is 5.73 Å². The van der Waals surface area contributed by atoms with Crippen molar-refractivity contribution in [1.29, 1.82) is 0 Å². The van der Waals surface area contributed by atoms with Crippen LogP contribution in [0.3, 0.4) is 0 Å². The van der Waals surface area contributed by atoms with Crippen molar-refractivity contribution in [2.45, 2.75) is 0 Å². The summed E-state index contributed by atoms with van der Waals surface area (Å²) in [5.41, 5.74) is 5.86. The molecule has 0 spiro atoms. The molecule has 0 fully saturated rings. The first-order valence-corrected chi connectivity index (χ1v) is 5.63. The van der Waals surface area contributed by atoms with Gasteiger partial charge in [0, 0.05) is 11.9 Å². The van der Waals surface area contributed by atoms with Crippen LogP contribution in [0.1, 0.15) is 0 Å². The highest BCUT2D eigenvalue weighted by Gasteiger charge is 2.12. The lowest BCUT2D eigenvalue weighted by molar-refractivity contribution is 0.926. The number of para-hydroxylation sites is 1. The lowest BCUT2D eigenvalue weighted by Crippen LogP contribution is -2.30. The van der Waals surface area contributed by atoms with E-state index in [-0.39, 0.29) is 16.7 Å². The van der Waals surface area contributed by atoms with Crippen LogP contribution in [0.5, 0.6) is 0 Å². The molecule has 94 valence electrons. The minimum atomic E-state index is -0.540. The Kier molecular flexibility index (Phi) is 2.42. The Labute approximate surface area is 107 Å². The molecular weight excluding hydrogens is 244 g/mol. The van der Waals surface area contributed by atoms with Crippen LogP contribution in [0.25, 0.3) is 16.7 Å². The maximum atomic E-state index is 12.0. The monoisotopic (exact) mass is 254 g/mol. The van der Waals surface area contributed by atoms with Crippen LogP contribution in [0.15, 0.2) is 52.2 Å². The molecule has 1 aromatic carbocycles. The Balaban J connectivity index is 2.54. The van der Waals surface area contributed by atoms with Crippen LogP contribution < -0.4 is 17.0 Å². The first kappa shape index (κ1) is 11.2. The second kappa shape index (κ2) is 4.09. The number of pyridine rings is 1. The van der Waals surface area contributed by atoms with Gasteiger partial charge >= 0.3 is 5.69 Å². The maximum absolute atomic E-state index is 12.0. The number of nitrogens with two attached hydrogens (primary N) is 1. The molecule has 0 amide bonds. The summed E-state index contributed by atoms with van der Waals surface area (Å²) < 4.78 is 1.33. The number of anilines is 1. The second-order valence-corrected chi connectivity index (χ2v) is 4.03. The van der Waals surface area contributed by atoms with Crippen molar-refractivity contribution in [3.63, 3.8) is 0 Å². The number of nitrogens with one attached hydrogen (secondary N) is 1. The van der Waals surface area contributed by atoms with Gasteiger partial charge in [-0.3, -0.25) is 9.78 Å². The number of aromatic amines is 1. The normalized spacial score (nSPS) is 10.7. The Morgan fingerprint density at radius 2 is 1.84 bits per heavy atom. The van der Waals surface area contributed by atoms with Gasteiger partial charge in [0.25, 0.3) is 5.56 Å². The molecule has 3 aromatic rings. The number of hydrogen-bond acceptors (Lipinski definition) is 4. The quantitative estimate of drug-likeness (QED) is 0.667. The van der Waals surface area contributed by atoms with Crippen molar-refractivity contribution in [3.8, 4) is 5.69 Å². The predicted octanol–water partition coefficient (Wildman–Crippen LogP) is 0.656. The highest BCUT2D eigenvalue weighted by atomic mass is 16.2. The van der Waals surface area contributed by atoms with Crippen LogP contribution in [-0.4, -0.2) is 14.5 Å². The Morgan fingerprint density at radius 1 is 1.11 bits per heavy atom.